The Kier molecular flexibility index (Phi) is 4.42. The number of alkyl halides is 1. The molecule has 12 heavy (non-hydrogen) atoms. The average Bonchev–Trinajstić information content (AvgIpc) is 2.06. The minimum absolute atomic E-state index is 0. The molecule has 0 N–H and O–H groups in total. The molecule has 0 unspecified atom stereocenters. The van der Waals surface area contributed by atoms with E-state index >= 15 is 0 Å². The smallest absolute Gasteiger partial charge is 0.226 e. The van der Waals surface area contributed by atoms with Crippen LogP contribution in [0.3, 0.4) is 0 Å². The summed E-state index contributed by atoms with van der Waals surface area (Å²) in [6, 6.07) is 9.64. The highest BCUT2D eigenvalue weighted by Crippen LogP contribution is 2.17. The zero-order valence-corrected chi connectivity index (χ0v) is 8.88. The maximum Gasteiger partial charge on any atom is 0.226 e. The molecule has 0 bridgehead atoms. The lowest BCUT2D eigenvalue weighted by atomic mass is 10.3. The molecule has 1 aromatic rings. The highest BCUT2D eigenvalue weighted by Gasteiger charge is 2.16. The highest BCUT2D eigenvalue weighted by molar-refractivity contribution is 5.40. The Morgan fingerprint density at radius 2 is 1.67 bits per heavy atom. The van der Waals surface area contributed by atoms with Gasteiger partial charge in [-0.1, -0.05) is 18.2 Å². The number of hydrogen-bond acceptors (Lipinski definition) is 0. The molecule has 0 amide bonds. The molecule has 0 heterocycles. The molecule has 0 aliphatic rings. The van der Waals surface area contributed by atoms with Crippen molar-refractivity contribution in [2.24, 2.45) is 0 Å². The molecule has 0 aromatic heterocycles. The van der Waals surface area contributed by atoms with Gasteiger partial charge >= 0.3 is 0 Å². The van der Waals surface area contributed by atoms with Crippen molar-refractivity contribution >= 4 is 5.69 Å². The first-order valence-electron chi connectivity index (χ1n) is 3.61. The van der Waals surface area contributed by atoms with Gasteiger partial charge in [0, 0.05) is 0 Å². The van der Waals surface area contributed by atoms with E-state index in [1.807, 2.05) is 44.4 Å². The van der Waals surface area contributed by atoms with E-state index < -0.39 is 0 Å². The zero-order chi connectivity index (χ0) is 8.32. The second kappa shape index (κ2) is 4.58. The molecule has 68 valence electrons. The van der Waals surface area contributed by atoms with Gasteiger partial charge in [-0.3, -0.25) is 4.48 Å². The number of hydrogen-bond donors (Lipinski definition) is 0. The molecule has 0 spiro atoms. The first-order valence-corrected chi connectivity index (χ1v) is 3.61. The van der Waals surface area contributed by atoms with Gasteiger partial charge in [-0.25, -0.2) is 0 Å². The van der Waals surface area contributed by atoms with Gasteiger partial charge in [0.15, 0.2) is 0 Å². The summed E-state index contributed by atoms with van der Waals surface area (Å²) in [5.41, 5.74) is 0.995. The van der Waals surface area contributed by atoms with Crippen molar-refractivity contribution in [2.45, 2.75) is 0 Å². The van der Waals surface area contributed by atoms with Crippen molar-refractivity contribution in [3.8, 4) is 0 Å². The van der Waals surface area contributed by atoms with Crippen LogP contribution in [0.2, 0.25) is 0 Å². The lowest BCUT2D eigenvalue weighted by Crippen LogP contribution is -3.00. The quantitative estimate of drug-likeness (QED) is 0.463. The molecule has 0 saturated heterocycles. The van der Waals surface area contributed by atoms with Crippen molar-refractivity contribution in [3.05, 3.63) is 30.3 Å². The maximum absolute atomic E-state index is 12.4. The molecule has 3 heteroatoms. The summed E-state index contributed by atoms with van der Waals surface area (Å²) >= 11 is 0. The van der Waals surface area contributed by atoms with Gasteiger partial charge in [-0.15, -0.1) is 0 Å². The predicted octanol–water partition coefficient (Wildman–Crippen LogP) is -0.815. The van der Waals surface area contributed by atoms with E-state index in [9.17, 15) is 4.39 Å². The van der Waals surface area contributed by atoms with E-state index in [0.29, 0.717) is 4.48 Å². The Bertz CT molecular complexity index is 223. The minimum atomic E-state index is -0.371. The second-order valence-electron chi connectivity index (χ2n) is 3.14. The number of halogens is 2. The Morgan fingerprint density at radius 1 is 1.17 bits per heavy atom. The van der Waals surface area contributed by atoms with Crippen LogP contribution in [0.4, 0.5) is 10.1 Å². The Balaban J connectivity index is 0.00000121. The van der Waals surface area contributed by atoms with Gasteiger partial charge in [0.05, 0.1) is 14.1 Å². The van der Waals surface area contributed by atoms with Crippen LogP contribution in [0.25, 0.3) is 0 Å². The van der Waals surface area contributed by atoms with E-state index in [1.165, 1.54) is 0 Å². The van der Waals surface area contributed by atoms with E-state index in [4.69, 9.17) is 0 Å². The third-order valence-electron chi connectivity index (χ3n) is 1.75. The summed E-state index contributed by atoms with van der Waals surface area (Å²) in [4.78, 5) is 0. The summed E-state index contributed by atoms with van der Waals surface area (Å²) in [7, 11) is 3.69. The molecule has 0 atom stereocenters. The Labute approximate surface area is 83.2 Å². The van der Waals surface area contributed by atoms with E-state index in [0.717, 1.165) is 5.69 Å². The highest BCUT2D eigenvalue weighted by atomic mass is 79.9. The maximum atomic E-state index is 12.4. The van der Waals surface area contributed by atoms with Crippen molar-refractivity contribution < 1.29 is 21.4 Å². The monoisotopic (exact) mass is 233 g/mol. The first kappa shape index (κ1) is 11.6. The van der Waals surface area contributed by atoms with Gasteiger partial charge in [0.1, 0.15) is 5.69 Å². The average molecular weight is 234 g/mol. The van der Waals surface area contributed by atoms with Crippen LogP contribution in [-0.2, 0) is 0 Å². The molecule has 0 aliphatic heterocycles. The molecule has 0 aliphatic carbocycles. The lowest BCUT2D eigenvalue weighted by molar-refractivity contribution is -0.00000281. The van der Waals surface area contributed by atoms with Gasteiger partial charge in [-0.05, 0) is 12.1 Å². The number of para-hydroxylation sites is 1. The zero-order valence-electron chi connectivity index (χ0n) is 7.30. The lowest BCUT2D eigenvalue weighted by Gasteiger charge is -2.24. The van der Waals surface area contributed by atoms with Crippen LogP contribution >= 0.6 is 0 Å². The van der Waals surface area contributed by atoms with Crippen LogP contribution in [0.1, 0.15) is 0 Å². The molecule has 1 aromatic carbocycles. The fourth-order valence-electron chi connectivity index (χ4n) is 0.901. The van der Waals surface area contributed by atoms with Crippen molar-refractivity contribution in [3.63, 3.8) is 0 Å². The summed E-state index contributed by atoms with van der Waals surface area (Å²) < 4.78 is 12.7. The molecular weight excluding hydrogens is 221 g/mol. The number of quaternary nitrogens is 1. The SMILES string of the molecule is C[N+](C)(CF)c1ccccc1.[Br-]. The normalized spacial score (nSPS) is 10.6. The second-order valence-corrected chi connectivity index (χ2v) is 3.14. The van der Waals surface area contributed by atoms with Crippen molar-refractivity contribution in [2.75, 3.05) is 20.9 Å². The van der Waals surface area contributed by atoms with Crippen LogP contribution in [0, 0.1) is 0 Å². The molecule has 0 fully saturated rings. The molecule has 0 saturated carbocycles. The van der Waals surface area contributed by atoms with E-state index in [2.05, 4.69) is 0 Å². The standard InChI is InChI=1S/C9H13FN.BrH/c1-11(2,8-10)9-6-4-3-5-7-9;/h3-7H,8H2,1-2H3;1H/q+1;/p-1. The van der Waals surface area contributed by atoms with Gasteiger partial charge in [0.2, 0.25) is 6.80 Å². The Hall–Kier alpha value is -0.410. The third kappa shape index (κ3) is 2.57. The fourth-order valence-corrected chi connectivity index (χ4v) is 0.901. The minimum Gasteiger partial charge on any atom is -1.00 e. The van der Waals surface area contributed by atoms with Crippen molar-refractivity contribution in [1.82, 2.24) is 4.48 Å². The Morgan fingerprint density at radius 3 is 2.08 bits per heavy atom. The molecule has 0 radical (unpaired) electrons. The molecular formula is C9H13BrFN. The van der Waals surface area contributed by atoms with Gasteiger partial charge in [-0.2, -0.15) is 4.39 Å². The summed E-state index contributed by atoms with van der Waals surface area (Å²) in [5.74, 6) is 0. The summed E-state index contributed by atoms with van der Waals surface area (Å²) in [6.45, 7) is -0.371. The van der Waals surface area contributed by atoms with Gasteiger partial charge < -0.3 is 17.0 Å². The van der Waals surface area contributed by atoms with Crippen LogP contribution in [-0.4, -0.2) is 20.9 Å². The third-order valence-corrected chi connectivity index (χ3v) is 1.75. The van der Waals surface area contributed by atoms with Gasteiger partial charge in [0.25, 0.3) is 0 Å². The largest absolute Gasteiger partial charge is 1.00 e. The van der Waals surface area contributed by atoms with Crippen LogP contribution in [0.15, 0.2) is 30.3 Å². The van der Waals surface area contributed by atoms with Crippen LogP contribution < -0.4 is 21.5 Å². The topological polar surface area (TPSA) is 0 Å². The number of nitrogens with zero attached hydrogens (tertiary/aromatic N) is 1. The fraction of sp³-hybridized carbons (Fsp3) is 0.333. The first-order chi connectivity index (χ1) is 5.17. The molecule has 1 nitrogen and oxygen atoms in total. The summed E-state index contributed by atoms with van der Waals surface area (Å²) in [6.07, 6.45) is 0. The molecule has 1 rings (SSSR count). The van der Waals surface area contributed by atoms with E-state index in [1.54, 1.807) is 0 Å². The summed E-state index contributed by atoms with van der Waals surface area (Å²) in [5, 5.41) is 0. The number of benzene rings is 1. The predicted molar refractivity (Wildman–Crippen MR) is 46.1 cm³/mol. The van der Waals surface area contributed by atoms with E-state index in [-0.39, 0.29) is 23.8 Å². The van der Waals surface area contributed by atoms with Crippen molar-refractivity contribution in [1.29, 1.82) is 0 Å². The van der Waals surface area contributed by atoms with Crippen LogP contribution in [0.5, 0.6) is 0 Å². The number of rotatable bonds is 2.